The summed E-state index contributed by atoms with van der Waals surface area (Å²) >= 11 is 0. The maximum Gasteiger partial charge on any atom is 1.00 e. The molecule has 0 aliphatic carbocycles. The van der Waals surface area contributed by atoms with Crippen LogP contribution in [0.3, 0.4) is 0 Å². The fourth-order valence-corrected chi connectivity index (χ4v) is 4.95. The van der Waals surface area contributed by atoms with Crippen molar-refractivity contribution in [3.8, 4) is 0 Å². The second-order valence-corrected chi connectivity index (χ2v) is 10.5. The van der Waals surface area contributed by atoms with Gasteiger partial charge in [0.2, 0.25) is 15.9 Å². The fourth-order valence-electron chi connectivity index (χ4n) is 4.16. The smallest absolute Gasteiger partial charge is 0.544 e. The standard InChI is InChI=1S/C21H23N5O11S.Na/c1-38(34,35)25-10-9-24(20(25)33)19(32)23-15(12-5-3-2-4-6-12)16(28)22-13-11-36-26(17(13)29)21(18(30)31)8-7-14(27)37-21;/h2-6,13,15H,7-11H2,1H3,(H,22,28)(H,23,32)(H,30,31);/q;+1/p-1/t13-,15+,21?;/m0./s1. The molecule has 0 spiro atoms. The van der Waals surface area contributed by atoms with E-state index in [0.29, 0.717) is 14.3 Å². The number of carboxylic acids is 1. The number of hydroxylamine groups is 2. The maximum atomic E-state index is 13.2. The Morgan fingerprint density at radius 2 is 1.79 bits per heavy atom. The average Bonchev–Trinajstić information content (AvgIpc) is 3.55. The number of cyclic esters (lactones) is 1. The van der Waals surface area contributed by atoms with Gasteiger partial charge in [-0.3, -0.25) is 19.2 Å². The monoisotopic (exact) mass is 575 g/mol. The number of carbonyl (C=O) groups excluding carboxylic acids is 6. The molecule has 0 aromatic heterocycles. The number of hydrogen-bond donors (Lipinski definition) is 2. The largest absolute Gasteiger partial charge is 1.00 e. The van der Waals surface area contributed by atoms with Gasteiger partial charge in [0.25, 0.3) is 11.6 Å². The number of sulfonamides is 1. The number of nitrogens with one attached hydrogen (secondary N) is 2. The van der Waals surface area contributed by atoms with Gasteiger partial charge in [-0.1, -0.05) is 30.3 Å². The predicted octanol–water partition coefficient (Wildman–Crippen LogP) is -5.82. The van der Waals surface area contributed by atoms with Gasteiger partial charge in [-0.25, -0.2) is 27.2 Å². The van der Waals surface area contributed by atoms with Crippen molar-refractivity contribution < 1.29 is 81.4 Å². The first kappa shape index (κ1) is 30.3. The molecule has 0 bridgehead atoms. The summed E-state index contributed by atoms with van der Waals surface area (Å²) in [6.45, 7) is -1.03. The van der Waals surface area contributed by atoms with Gasteiger partial charge in [-0.2, -0.15) is 5.06 Å². The number of carbonyl (C=O) groups is 6. The van der Waals surface area contributed by atoms with Crippen LogP contribution in [0.4, 0.5) is 9.59 Å². The van der Waals surface area contributed by atoms with Crippen molar-refractivity contribution in [2.75, 3.05) is 26.0 Å². The number of ether oxygens (including phenoxy) is 1. The number of carboxylic acid groups (broad SMARTS) is 1. The Morgan fingerprint density at radius 1 is 1.13 bits per heavy atom. The van der Waals surface area contributed by atoms with E-state index < -0.39 is 76.7 Å². The van der Waals surface area contributed by atoms with E-state index in [1.54, 1.807) is 18.2 Å². The first-order chi connectivity index (χ1) is 17.8. The van der Waals surface area contributed by atoms with Crippen LogP contribution in [0.25, 0.3) is 0 Å². The summed E-state index contributed by atoms with van der Waals surface area (Å²) in [5, 5.41) is 16.8. The minimum atomic E-state index is -3.91. The van der Waals surface area contributed by atoms with E-state index in [1.807, 2.05) is 0 Å². The molecule has 2 N–H and O–H groups in total. The summed E-state index contributed by atoms with van der Waals surface area (Å²) in [5.41, 5.74) is -2.23. The Balaban J connectivity index is 0.00000420. The van der Waals surface area contributed by atoms with Crippen LogP contribution in [0.5, 0.6) is 0 Å². The number of imide groups is 1. The van der Waals surface area contributed by atoms with Gasteiger partial charge in [-0.15, -0.1) is 0 Å². The number of benzene rings is 1. The molecule has 0 radical (unpaired) electrons. The van der Waals surface area contributed by atoms with Gasteiger partial charge in [-0.05, 0) is 5.56 Å². The van der Waals surface area contributed by atoms with Gasteiger partial charge in [0.15, 0.2) is 0 Å². The van der Waals surface area contributed by atoms with Crippen molar-refractivity contribution >= 4 is 45.8 Å². The number of nitrogens with zero attached hydrogens (tertiary/aromatic N) is 3. The molecule has 4 rings (SSSR count). The maximum absolute atomic E-state index is 13.2. The normalized spacial score (nSPS) is 23.8. The Labute approximate surface area is 243 Å². The van der Waals surface area contributed by atoms with E-state index in [1.165, 1.54) is 12.1 Å². The summed E-state index contributed by atoms with van der Waals surface area (Å²) < 4.78 is 28.8. The number of amides is 6. The third kappa shape index (κ3) is 5.86. The molecule has 16 nitrogen and oxygen atoms in total. The fraction of sp³-hybridized carbons (Fsp3) is 0.429. The molecule has 3 fully saturated rings. The van der Waals surface area contributed by atoms with E-state index in [4.69, 9.17) is 9.57 Å². The van der Waals surface area contributed by atoms with Gasteiger partial charge < -0.3 is 25.3 Å². The van der Waals surface area contributed by atoms with Gasteiger partial charge >= 0.3 is 47.6 Å². The average molecular weight is 575 g/mol. The molecule has 3 aliphatic heterocycles. The second kappa shape index (κ2) is 11.5. The van der Waals surface area contributed by atoms with E-state index in [-0.39, 0.29) is 54.6 Å². The molecule has 0 saturated carbocycles. The number of hydrogen-bond acceptors (Lipinski definition) is 11. The second-order valence-electron chi connectivity index (χ2n) is 8.60. The Morgan fingerprint density at radius 3 is 2.33 bits per heavy atom. The van der Waals surface area contributed by atoms with Crippen molar-refractivity contribution in [1.82, 2.24) is 24.9 Å². The molecule has 1 unspecified atom stereocenters. The van der Waals surface area contributed by atoms with Crippen LogP contribution in [0, 0.1) is 0 Å². The SMILES string of the molecule is CS(=O)(=O)N1CCN(C(=O)N[C@@H](C(=O)N[C@H]2CON(C3(C(=O)[O-])CCC(=O)O3)C2=O)c2ccccc2)C1=O.[Na+]. The quantitative estimate of drug-likeness (QED) is 0.231. The number of urea groups is 2. The van der Waals surface area contributed by atoms with Crippen molar-refractivity contribution in [3.05, 3.63) is 35.9 Å². The van der Waals surface area contributed by atoms with Gasteiger partial charge in [0, 0.05) is 6.42 Å². The molecular weight excluding hydrogens is 553 g/mol. The molecule has 18 heteroatoms. The van der Waals surface area contributed by atoms with Crippen LogP contribution in [-0.4, -0.2) is 96.2 Å². The zero-order chi connectivity index (χ0) is 27.8. The summed E-state index contributed by atoms with van der Waals surface area (Å²) in [7, 11) is -3.91. The van der Waals surface area contributed by atoms with Crippen LogP contribution in [-0.2, 0) is 38.8 Å². The van der Waals surface area contributed by atoms with Crippen molar-refractivity contribution in [2.45, 2.75) is 30.7 Å². The van der Waals surface area contributed by atoms with E-state index >= 15 is 0 Å². The number of rotatable bonds is 7. The molecule has 3 atom stereocenters. The summed E-state index contributed by atoms with van der Waals surface area (Å²) in [6, 6.07) is 2.72. The number of esters is 1. The topological polar surface area (TPSA) is 212 Å². The Hall–Kier alpha value is -3.25. The van der Waals surface area contributed by atoms with Crippen molar-refractivity contribution in [1.29, 1.82) is 0 Å². The molecule has 6 amide bonds. The molecule has 1 aromatic rings. The molecule has 3 saturated heterocycles. The number of aliphatic carboxylic acids is 1. The third-order valence-corrected chi connectivity index (χ3v) is 7.20. The first-order valence-electron chi connectivity index (χ1n) is 11.2. The van der Waals surface area contributed by atoms with Gasteiger partial charge in [0.1, 0.15) is 24.7 Å². The zero-order valence-corrected chi connectivity index (χ0v) is 23.6. The van der Waals surface area contributed by atoms with E-state index in [2.05, 4.69) is 10.6 Å². The Bertz CT molecular complexity index is 1310. The van der Waals surface area contributed by atoms with E-state index in [9.17, 15) is 42.3 Å². The summed E-state index contributed by atoms with van der Waals surface area (Å²) in [5.74, 6) is -4.72. The molecular formula is C21H22N5NaO11S. The summed E-state index contributed by atoms with van der Waals surface area (Å²) in [4.78, 5) is 80.5. The molecule has 3 aliphatic rings. The zero-order valence-electron chi connectivity index (χ0n) is 20.8. The van der Waals surface area contributed by atoms with Crippen LogP contribution in [0.15, 0.2) is 30.3 Å². The summed E-state index contributed by atoms with van der Waals surface area (Å²) in [6.07, 6.45) is 0.0947. The van der Waals surface area contributed by atoms with Crippen molar-refractivity contribution in [2.24, 2.45) is 0 Å². The minimum Gasteiger partial charge on any atom is -0.544 e. The molecule has 1 aromatic carbocycles. The van der Waals surface area contributed by atoms with E-state index in [0.717, 1.165) is 6.26 Å². The van der Waals surface area contributed by atoms with Crippen LogP contribution < -0.4 is 45.3 Å². The minimum absolute atomic E-state index is 0. The van der Waals surface area contributed by atoms with Gasteiger partial charge in [0.05, 0.1) is 25.8 Å². The molecule has 39 heavy (non-hydrogen) atoms. The van der Waals surface area contributed by atoms with Crippen molar-refractivity contribution in [3.63, 3.8) is 0 Å². The van der Waals surface area contributed by atoms with Crippen LogP contribution in [0.2, 0.25) is 0 Å². The van der Waals surface area contributed by atoms with Crippen LogP contribution in [0.1, 0.15) is 24.4 Å². The first-order valence-corrected chi connectivity index (χ1v) is 13.1. The third-order valence-electron chi connectivity index (χ3n) is 6.06. The molecule has 204 valence electrons. The molecule has 3 heterocycles. The van der Waals surface area contributed by atoms with Crippen LogP contribution >= 0.6 is 0 Å². The Kier molecular flexibility index (Phi) is 8.91. The predicted molar refractivity (Wildman–Crippen MR) is 119 cm³/mol.